The van der Waals surface area contributed by atoms with E-state index in [2.05, 4.69) is 21.0 Å². The molecule has 5 heteroatoms. The summed E-state index contributed by atoms with van der Waals surface area (Å²) in [6.45, 7) is 0. The molecule has 68 valence electrons. The van der Waals surface area contributed by atoms with E-state index in [0.717, 1.165) is 5.56 Å². The predicted molar refractivity (Wildman–Crippen MR) is 52.9 cm³/mol. The van der Waals surface area contributed by atoms with Crippen molar-refractivity contribution in [2.75, 3.05) is 0 Å². The van der Waals surface area contributed by atoms with Gasteiger partial charge in [0.2, 0.25) is 0 Å². The summed E-state index contributed by atoms with van der Waals surface area (Å²) in [4.78, 5) is 10.6. The van der Waals surface area contributed by atoms with Crippen LogP contribution in [0.5, 0.6) is 0 Å². The molecule has 0 amide bonds. The van der Waals surface area contributed by atoms with Crippen LogP contribution < -0.4 is 5.84 Å². The molecule has 0 aliphatic carbocycles. The number of benzene rings is 1. The SMILES string of the molecule is NN=Cc1ccc(C(=O)O)c(Br)c1. The summed E-state index contributed by atoms with van der Waals surface area (Å²) in [5.74, 6) is 3.98. The van der Waals surface area contributed by atoms with Gasteiger partial charge >= 0.3 is 5.97 Å². The van der Waals surface area contributed by atoms with Gasteiger partial charge in [-0.05, 0) is 33.6 Å². The van der Waals surface area contributed by atoms with Crippen molar-refractivity contribution < 1.29 is 9.90 Å². The molecule has 1 aromatic rings. The van der Waals surface area contributed by atoms with Crippen LogP contribution >= 0.6 is 15.9 Å². The van der Waals surface area contributed by atoms with E-state index < -0.39 is 5.97 Å². The van der Waals surface area contributed by atoms with E-state index in [-0.39, 0.29) is 5.56 Å². The van der Waals surface area contributed by atoms with Gasteiger partial charge in [-0.25, -0.2) is 4.79 Å². The van der Waals surface area contributed by atoms with Crippen molar-refractivity contribution in [1.29, 1.82) is 0 Å². The smallest absolute Gasteiger partial charge is 0.336 e. The lowest BCUT2D eigenvalue weighted by Crippen LogP contribution is -1.98. The minimum absolute atomic E-state index is 0.217. The minimum atomic E-state index is -0.969. The normalized spacial score (nSPS) is 10.5. The van der Waals surface area contributed by atoms with Gasteiger partial charge in [-0.15, -0.1) is 0 Å². The van der Waals surface area contributed by atoms with Crippen LogP contribution in [-0.2, 0) is 0 Å². The Kier molecular flexibility index (Phi) is 3.02. The van der Waals surface area contributed by atoms with Gasteiger partial charge in [-0.2, -0.15) is 5.10 Å². The van der Waals surface area contributed by atoms with Crippen LogP contribution in [0, 0.1) is 0 Å². The monoisotopic (exact) mass is 242 g/mol. The number of hydrazone groups is 1. The van der Waals surface area contributed by atoms with Crippen molar-refractivity contribution in [3.63, 3.8) is 0 Å². The Hall–Kier alpha value is -1.36. The largest absolute Gasteiger partial charge is 0.478 e. The Morgan fingerprint density at radius 2 is 2.31 bits per heavy atom. The van der Waals surface area contributed by atoms with Crippen LogP contribution in [0.15, 0.2) is 27.8 Å². The molecule has 0 unspecified atom stereocenters. The molecule has 0 aliphatic heterocycles. The number of aromatic carboxylic acids is 1. The van der Waals surface area contributed by atoms with Crippen molar-refractivity contribution in [2.45, 2.75) is 0 Å². The van der Waals surface area contributed by atoms with Gasteiger partial charge in [0.15, 0.2) is 0 Å². The van der Waals surface area contributed by atoms with Gasteiger partial charge in [0.05, 0.1) is 11.8 Å². The second kappa shape index (κ2) is 4.04. The Balaban J connectivity index is 3.12. The number of rotatable bonds is 2. The molecular weight excluding hydrogens is 236 g/mol. The van der Waals surface area contributed by atoms with E-state index >= 15 is 0 Å². The summed E-state index contributed by atoms with van der Waals surface area (Å²) in [5, 5.41) is 12.0. The molecule has 0 spiro atoms. The van der Waals surface area contributed by atoms with Gasteiger partial charge in [-0.3, -0.25) is 0 Å². The molecule has 0 saturated carbocycles. The van der Waals surface area contributed by atoms with Crippen molar-refractivity contribution in [3.05, 3.63) is 33.8 Å². The van der Waals surface area contributed by atoms with E-state index in [1.165, 1.54) is 12.3 Å². The first kappa shape index (κ1) is 9.73. The standard InChI is InChI=1S/C8H7BrN2O2/c9-7-3-5(4-11-10)1-2-6(7)8(12)13/h1-4H,10H2,(H,12,13). The quantitative estimate of drug-likeness (QED) is 0.468. The molecule has 0 heterocycles. The Labute approximate surface area is 83.2 Å². The number of carbonyl (C=O) groups is 1. The molecule has 13 heavy (non-hydrogen) atoms. The van der Waals surface area contributed by atoms with E-state index in [9.17, 15) is 4.79 Å². The number of hydrogen-bond donors (Lipinski definition) is 2. The minimum Gasteiger partial charge on any atom is -0.478 e. The fourth-order valence-corrected chi connectivity index (χ4v) is 1.44. The summed E-state index contributed by atoms with van der Waals surface area (Å²) in [6, 6.07) is 4.76. The van der Waals surface area contributed by atoms with E-state index in [0.29, 0.717) is 4.47 Å². The number of hydrogen-bond acceptors (Lipinski definition) is 3. The number of carboxylic acid groups (broad SMARTS) is 1. The Morgan fingerprint density at radius 3 is 2.77 bits per heavy atom. The van der Waals surface area contributed by atoms with Gasteiger partial charge in [0.25, 0.3) is 0 Å². The third-order valence-corrected chi connectivity index (χ3v) is 2.10. The van der Waals surface area contributed by atoms with Crippen LogP contribution in [0.3, 0.4) is 0 Å². The zero-order valence-corrected chi connectivity index (χ0v) is 8.15. The maximum atomic E-state index is 10.6. The van der Waals surface area contributed by atoms with Crippen LogP contribution in [0.2, 0.25) is 0 Å². The summed E-state index contributed by atoms with van der Waals surface area (Å²) in [5.41, 5.74) is 0.966. The molecule has 0 bridgehead atoms. The summed E-state index contributed by atoms with van der Waals surface area (Å²) < 4.78 is 0.511. The van der Waals surface area contributed by atoms with Gasteiger partial charge in [0.1, 0.15) is 0 Å². The van der Waals surface area contributed by atoms with E-state index in [1.54, 1.807) is 12.1 Å². The molecule has 0 saturated heterocycles. The second-order valence-electron chi connectivity index (χ2n) is 2.32. The maximum Gasteiger partial charge on any atom is 0.336 e. The maximum absolute atomic E-state index is 10.6. The molecule has 3 N–H and O–H groups in total. The number of halogens is 1. The lowest BCUT2D eigenvalue weighted by molar-refractivity contribution is 0.0696. The average molecular weight is 243 g/mol. The van der Waals surface area contributed by atoms with Gasteiger partial charge in [-0.1, -0.05) is 6.07 Å². The van der Waals surface area contributed by atoms with Crippen molar-refractivity contribution >= 4 is 28.1 Å². The van der Waals surface area contributed by atoms with E-state index in [4.69, 9.17) is 10.9 Å². The number of carboxylic acids is 1. The lowest BCUT2D eigenvalue weighted by atomic mass is 10.1. The summed E-state index contributed by atoms with van der Waals surface area (Å²) >= 11 is 3.13. The zero-order valence-electron chi connectivity index (χ0n) is 6.57. The third kappa shape index (κ3) is 2.29. The molecule has 0 aromatic heterocycles. The molecule has 1 aromatic carbocycles. The van der Waals surface area contributed by atoms with Gasteiger partial charge < -0.3 is 10.9 Å². The third-order valence-electron chi connectivity index (χ3n) is 1.45. The van der Waals surface area contributed by atoms with Crippen molar-refractivity contribution in [1.82, 2.24) is 0 Å². The van der Waals surface area contributed by atoms with Crippen molar-refractivity contribution in [3.8, 4) is 0 Å². The zero-order chi connectivity index (χ0) is 9.84. The van der Waals surface area contributed by atoms with Crippen LogP contribution in [0.25, 0.3) is 0 Å². The van der Waals surface area contributed by atoms with Crippen LogP contribution in [0.4, 0.5) is 0 Å². The average Bonchev–Trinajstić information content (AvgIpc) is 2.04. The molecular formula is C8H7BrN2O2. The van der Waals surface area contributed by atoms with Crippen LogP contribution in [-0.4, -0.2) is 17.3 Å². The van der Waals surface area contributed by atoms with Crippen molar-refractivity contribution in [2.24, 2.45) is 10.9 Å². The molecule has 0 radical (unpaired) electrons. The first-order valence-corrected chi connectivity index (χ1v) is 4.20. The first-order chi connectivity index (χ1) is 6.15. The lowest BCUT2D eigenvalue weighted by Gasteiger charge is -1.99. The molecule has 1 rings (SSSR count). The predicted octanol–water partition coefficient (Wildman–Crippen LogP) is 1.44. The highest BCUT2D eigenvalue weighted by atomic mass is 79.9. The van der Waals surface area contributed by atoms with Crippen LogP contribution in [0.1, 0.15) is 15.9 Å². The molecule has 4 nitrogen and oxygen atoms in total. The highest BCUT2D eigenvalue weighted by molar-refractivity contribution is 9.10. The highest BCUT2D eigenvalue weighted by Crippen LogP contribution is 2.17. The summed E-state index contributed by atoms with van der Waals surface area (Å²) in [6.07, 6.45) is 1.44. The number of nitrogens with zero attached hydrogens (tertiary/aromatic N) is 1. The Bertz CT molecular complexity index is 363. The fourth-order valence-electron chi connectivity index (χ4n) is 0.871. The Morgan fingerprint density at radius 1 is 1.62 bits per heavy atom. The highest BCUT2D eigenvalue weighted by Gasteiger charge is 2.07. The fraction of sp³-hybridized carbons (Fsp3) is 0. The van der Waals surface area contributed by atoms with E-state index in [1.807, 2.05) is 0 Å². The summed E-state index contributed by atoms with van der Waals surface area (Å²) in [7, 11) is 0. The second-order valence-corrected chi connectivity index (χ2v) is 3.18. The van der Waals surface area contributed by atoms with Gasteiger partial charge in [0, 0.05) is 4.47 Å². The number of nitrogens with two attached hydrogens (primary N) is 1. The molecule has 0 atom stereocenters. The molecule has 0 aliphatic rings. The first-order valence-electron chi connectivity index (χ1n) is 3.41. The topological polar surface area (TPSA) is 75.7 Å². The molecule has 0 fully saturated rings.